The first-order chi connectivity index (χ1) is 16.4. The number of nitrogens with zero attached hydrogens (tertiary/aromatic N) is 6. The van der Waals surface area contributed by atoms with Crippen molar-refractivity contribution in [3.05, 3.63) is 60.3 Å². The smallest absolute Gasteiger partial charge is 0.254 e. The summed E-state index contributed by atoms with van der Waals surface area (Å²) in [5.74, 6) is 1.08. The van der Waals surface area contributed by atoms with Crippen LogP contribution in [0.15, 0.2) is 53.6 Å². The van der Waals surface area contributed by atoms with E-state index in [1.807, 2.05) is 4.90 Å². The Morgan fingerprint density at radius 3 is 3.03 bits per heavy atom. The fourth-order valence-electron chi connectivity index (χ4n) is 4.13. The van der Waals surface area contributed by atoms with Crippen LogP contribution >= 0.6 is 11.0 Å². The Labute approximate surface area is 197 Å². The molecule has 1 unspecified atom stereocenters. The predicted octanol–water partition coefficient (Wildman–Crippen LogP) is 2.30. The molecule has 3 aromatic rings. The van der Waals surface area contributed by atoms with Crippen molar-refractivity contribution in [3.63, 3.8) is 0 Å². The first-order valence-corrected chi connectivity index (χ1v) is 12.2. The lowest BCUT2D eigenvalue weighted by molar-refractivity contribution is 0.0633. The van der Waals surface area contributed by atoms with Gasteiger partial charge < -0.3 is 15.4 Å². The molecule has 1 amide bonds. The van der Waals surface area contributed by atoms with Crippen LogP contribution < -0.4 is 15.2 Å². The molecule has 2 aliphatic rings. The first-order valence-electron chi connectivity index (χ1n) is 10.7. The van der Waals surface area contributed by atoms with E-state index in [0.29, 0.717) is 48.1 Å². The SMILES string of the molecule is NC1=NS(O)(O)Nc2cccc(OCC3CCCN(C(=O)c4ccnc(-n5cncn5)c4)C3)c21. The van der Waals surface area contributed by atoms with Gasteiger partial charge >= 0.3 is 0 Å². The minimum absolute atomic E-state index is 0.00525. The zero-order chi connectivity index (χ0) is 23.7. The number of hydrogen-bond donors (Lipinski definition) is 4. The first kappa shape index (κ1) is 22.1. The average molecular weight is 485 g/mol. The molecule has 0 spiro atoms. The fourth-order valence-corrected chi connectivity index (χ4v) is 5.01. The maximum atomic E-state index is 13.2. The van der Waals surface area contributed by atoms with Crippen LogP contribution in [0, 0.1) is 5.92 Å². The number of ether oxygens (including phenoxy) is 1. The summed E-state index contributed by atoms with van der Waals surface area (Å²) in [4.78, 5) is 23.2. The number of hydrogen-bond acceptors (Lipinski definition) is 10. The lowest BCUT2D eigenvalue weighted by Crippen LogP contribution is -2.41. The highest BCUT2D eigenvalue weighted by molar-refractivity contribution is 8.24. The Kier molecular flexibility index (Phi) is 5.81. The molecule has 12 nitrogen and oxygen atoms in total. The molecule has 1 saturated heterocycles. The van der Waals surface area contributed by atoms with Gasteiger partial charge in [-0.15, -0.1) is 4.40 Å². The third-order valence-corrected chi connectivity index (χ3v) is 6.63. The third kappa shape index (κ3) is 4.53. The fraction of sp³-hybridized carbons (Fsp3) is 0.286. The van der Waals surface area contributed by atoms with Gasteiger partial charge in [0.2, 0.25) is 0 Å². The summed E-state index contributed by atoms with van der Waals surface area (Å²) in [6, 6.07) is 8.57. The van der Waals surface area contributed by atoms with Crippen LogP contribution in [0.3, 0.4) is 0 Å². The van der Waals surface area contributed by atoms with Crippen molar-refractivity contribution in [2.75, 3.05) is 24.4 Å². The third-order valence-electron chi connectivity index (χ3n) is 5.68. The molecule has 1 fully saturated rings. The number of rotatable bonds is 5. The Morgan fingerprint density at radius 2 is 2.21 bits per heavy atom. The number of amidine groups is 1. The van der Waals surface area contributed by atoms with Crippen LogP contribution in [0.2, 0.25) is 0 Å². The molecule has 0 radical (unpaired) electrons. The lowest BCUT2D eigenvalue weighted by Gasteiger charge is -2.34. The summed E-state index contributed by atoms with van der Waals surface area (Å²) in [5, 5.41) is 4.06. The summed E-state index contributed by atoms with van der Waals surface area (Å²) in [6.07, 6.45) is 6.31. The second-order valence-corrected chi connectivity index (χ2v) is 9.51. The van der Waals surface area contributed by atoms with Gasteiger partial charge in [-0.05, 0) is 48.1 Å². The number of amides is 1. The van der Waals surface area contributed by atoms with Gasteiger partial charge in [0.1, 0.15) is 18.4 Å². The summed E-state index contributed by atoms with van der Waals surface area (Å²) < 4.78 is 33.5. The molecule has 4 heterocycles. The molecule has 0 saturated carbocycles. The molecular formula is C21H24N8O4S. The van der Waals surface area contributed by atoms with Crippen LogP contribution in [0.1, 0.15) is 28.8 Å². The molecule has 0 aliphatic carbocycles. The topological polar surface area (TPSA) is 164 Å². The molecule has 13 heteroatoms. The molecular weight excluding hydrogens is 460 g/mol. The summed E-state index contributed by atoms with van der Waals surface area (Å²) in [5.41, 5.74) is 7.45. The second kappa shape index (κ2) is 8.93. The minimum Gasteiger partial charge on any atom is -0.492 e. The van der Waals surface area contributed by atoms with E-state index >= 15 is 0 Å². The monoisotopic (exact) mass is 484 g/mol. The summed E-state index contributed by atoms with van der Waals surface area (Å²) in [7, 11) is -3.36. The molecule has 1 aromatic carbocycles. The van der Waals surface area contributed by atoms with Crippen molar-refractivity contribution in [1.29, 1.82) is 0 Å². The molecule has 1 atom stereocenters. The van der Waals surface area contributed by atoms with Crippen LogP contribution in [0.4, 0.5) is 5.69 Å². The Balaban J connectivity index is 1.26. The number of aromatic nitrogens is 4. The van der Waals surface area contributed by atoms with Crippen LogP contribution in [0.5, 0.6) is 5.75 Å². The molecule has 178 valence electrons. The van der Waals surface area contributed by atoms with E-state index in [4.69, 9.17) is 10.5 Å². The number of pyridine rings is 1. The van der Waals surface area contributed by atoms with Crippen molar-refractivity contribution in [2.24, 2.45) is 16.0 Å². The van der Waals surface area contributed by atoms with Gasteiger partial charge in [-0.3, -0.25) is 18.6 Å². The van der Waals surface area contributed by atoms with Crippen molar-refractivity contribution in [3.8, 4) is 11.6 Å². The average Bonchev–Trinajstić information content (AvgIpc) is 3.37. The van der Waals surface area contributed by atoms with Gasteiger partial charge in [0.25, 0.3) is 5.91 Å². The lowest BCUT2D eigenvalue weighted by atomic mass is 9.98. The van der Waals surface area contributed by atoms with Crippen LogP contribution in [-0.2, 0) is 0 Å². The Bertz CT molecular complexity index is 1230. The summed E-state index contributed by atoms with van der Waals surface area (Å²) in [6.45, 7) is 1.60. The summed E-state index contributed by atoms with van der Waals surface area (Å²) >= 11 is 0. The van der Waals surface area contributed by atoms with Gasteiger partial charge in [-0.1, -0.05) is 6.07 Å². The molecule has 2 aliphatic heterocycles. The highest BCUT2D eigenvalue weighted by Gasteiger charge is 2.28. The predicted molar refractivity (Wildman–Crippen MR) is 127 cm³/mol. The zero-order valence-corrected chi connectivity index (χ0v) is 18.9. The number of anilines is 1. The molecule has 0 bridgehead atoms. The number of benzene rings is 1. The van der Waals surface area contributed by atoms with Crippen molar-refractivity contribution in [2.45, 2.75) is 12.8 Å². The maximum Gasteiger partial charge on any atom is 0.254 e. The zero-order valence-electron chi connectivity index (χ0n) is 18.1. The quantitative estimate of drug-likeness (QED) is 0.425. The molecule has 5 rings (SSSR count). The number of nitrogens with two attached hydrogens (primary N) is 1. The van der Waals surface area contributed by atoms with Crippen molar-refractivity contribution in [1.82, 2.24) is 24.6 Å². The van der Waals surface area contributed by atoms with Gasteiger partial charge in [-0.25, -0.2) is 14.6 Å². The van der Waals surface area contributed by atoms with E-state index in [-0.39, 0.29) is 17.7 Å². The standard InChI is InChI=1S/C21H24N8O4S/c22-20-19-16(26-34(31,32)27-20)4-1-5-17(19)33-11-14-3-2-8-28(10-14)21(30)15-6-7-24-18(9-15)29-13-23-12-25-29/h1,4-7,9,12-14,26,31-32H,2-3,8,10-11H2,(H2,22,27). The number of carbonyl (C=O) groups is 1. The second-order valence-electron chi connectivity index (χ2n) is 8.09. The highest BCUT2D eigenvalue weighted by Crippen LogP contribution is 2.46. The number of piperidine rings is 1. The van der Waals surface area contributed by atoms with Gasteiger partial charge in [0, 0.05) is 30.8 Å². The normalized spacial score (nSPS) is 20.0. The highest BCUT2D eigenvalue weighted by atomic mass is 32.3. The molecule has 34 heavy (non-hydrogen) atoms. The van der Waals surface area contributed by atoms with Gasteiger partial charge in [0.15, 0.2) is 11.7 Å². The van der Waals surface area contributed by atoms with E-state index in [2.05, 4.69) is 24.2 Å². The van der Waals surface area contributed by atoms with Gasteiger partial charge in [-0.2, -0.15) is 5.10 Å². The van der Waals surface area contributed by atoms with E-state index < -0.39 is 11.0 Å². The van der Waals surface area contributed by atoms with Crippen LogP contribution in [0.25, 0.3) is 5.82 Å². The number of likely N-dealkylation sites (tertiary alicyclic amines) is 1. The van der Waals surface area contributed by atoms with Crippen molar-refractivity contribution < 1.29 is 18.6 Å². The number of fused-ring (bicyclic) bond motifs is 1. The largest absolute Gasteiger partial charge is 0.492 e. The van der Waals surface area contributed by atoms with E-state index in [1.165, 1.54) is 17.3 Å². The van der Waals surface area contributed by atoms with E-state index in [0.717, 1.165) is 12.8 Å². The maximum absolute atomic E-state index is 13.2. The minimum atomic E-state index is -3.36. The van der Waals surface area contributed by atoms with Crippen molar-refractivity contribution >= 4 is 28.4 Å². The number of nitrogens with one attached hydrogen (secondary N) is 1. The molecule has 2 aromatic heterocycles. The van der Waals surface area contributed by atoms with Crippen LogP contribution in [-0.4, -0.2) is 65.2 Å². The van der Waals surface area contributed by atoms with E-state index in [1.54, 1.807) is 36.5 Å². The Hall–Kier alpha value is -3.68. The Morgan fingerprint density at radius 1 is 1.32 bits per heavy atom. The van der Waals surface area contributed by atoms with Gasteiger partial charge in [0.05, 0.1) is 17.9 Å². The van der Waals surface area contributed by atoms with E-state index in [9.17, 15) is 13.9 Å². The molecule has 5 N–H and O–H groups in total. The number of carbonyl (C=O) groups excluding carboxylic acids is 1.